The minimum absolute atomic E-state index is 0.339. The molecule has 0 aliphatic heterocycles. The van der Waals surface area contributed by atoms with E-state index < -0.39 is 9.84 Å². The van der Waals surface area contributed by atoms with Crippen LogP contribution < -0.4 is 0 Å². The number of nitrogens with one attached hydrogen (secondary N) is 1. The fourth-order valence-electron chi connectivity index (χ4n) is 1.79. The van der Waals surface area contributed by atoms with Crippen molar-refractivity contribution in [2.45, 2.75) is 23.7 Å². The van der Waals surface area contributed by atoms with Gasteiger partial charge in [0.05, 0.1) is 15.9 Å². The molecule has 1 saturated carbocycles. The molecule has 0 spiro atoms. The van der Waals surface area contributed by atoms with Gasteiger partial charge in [-0.25, -0.2) is 13.4 Å². The van der Waals surface area contributed by atoms with Gasteiger partial charge in [0.1, 0.15) is 5.82 Å². The van der Waals surface area contributed by atoms with Crippen LogP contribution in [0, 0.1) is 0 Å². The van der Waals surface area contributed by atoms with Gasteiger partial charge >= 0.3 is 0 Å². The molecule has 0 unspecified atom stereocenters. The highest BCUT2D eigenvalue weighted by Gasteiger charge is 2.26. The molecule has 1 aliphatic rings. The predicted molar refractivity (Wildman–Crippen MR) is 61.2 cm³/mol. The molecular formula is C11H12N2O2S. The zero-order valence-corrected chi connectivity index (χ0v) is 9.71. The second-order valence-corrected chi connectivity index (χ2v) is 6.36. The first-order chi connectivity index (χ1) is 7.54. The van der Waals surface area contributed by atoms with Gasteiger partial charge in [0.15, 0.2) is 9.84 Å². The molecule has 1 aromatic carbocycles. The smallest absolute Gasteiger partial charge is 0.175 e. The minimum atomic E-state index is -3.14. The fraction of sp³-hybridized carbons (Fsp3) is 0.364. The average Bonchev–Trinajstić information content (AvgIpc) is 2.96. The molecule has 0 atom stereocenters. The summed E-state index contributed by atoms with van der Waals surface area (Å²) in [4.78, 5) is 7.98. The second-order valence-electron chi connectivity index (χ2n) is 4.35. The first-order valence-electron chi connectivity index (χ1n) is 5.24. The zero-order valence-electron chi connectivity index (χ0n) is 8.90. The Morgan fingerprint density at radius 2 is 2.12 bits per heavy atom. The number of aromatic nitrogens is 2. The van der Waals surface area contributed by atoms with E-state index in [9.17, 15) is 8.42 Å². The topological polar surface area (TPSA) is 62.8 Å². The molecule has 4 nitrogen and oxygen atoms in total. The Morgan fingerprint density at radius 3 is 2.75 bits per heavy atom. The van der Waals surface area contributed by atoms with Crippen LogP contribution in [0.2, 0.25) is 0 Å². The summed E-state index contributed by atoms with van der Waals surface area (Å²) < 4.78 is 22.8. The third-order valence-corrected chi connectivity index (χ3v) is 3.97. The minimum Gasteiger partial charge on any atom is -0.342 e. The standard InChI is InChI=1S/C11H12N2O2S/c1-16(14,15)8-4-5-9-10(6-8)13-11(12-9)7-2-3-7/h4-7H,2-3H2,1H3,(H,12,13). The van der Waals surface area contributed by atoms with E-state index in [-0.39, 0.29) is 0 Å². The van der Waals surface area contributed by atoms with E-state index in [4.69, 9.17) is 0 Å². The zero-order chi connectivity index (χ0) is 11.3. The third-order valence-electron chi connectivity index (χ3n) is 2.86. The summed E-state index contributed by atoms with van der Waals surface area (Å²) in [5, 5.41) is 0. The van der Waals surface area contributed by atoms with Gasteiger partial charge in [0.25, 0.3) is 0 Å². The van der Waals surface area contributed by atoms with Crippen molar-refractivity contribution in [3.63, 3.8) is 0 Å². The van der Waals surface area contributed by atoms with Gasteiger partial charge in [-0.05, 0) is 31.0 Å². The summed E-state index contributed by atoms with van der Waals surface area (Å²) in [6.45, 7) is 0. The van der Waals surface area contributed by atoms with Gasteiger partial charge in [-0.3, -0.25) is 0 Å². The summed E-state index contributed by atoms with van der Waals surface area (Å²) in [6, 6.07) is 5.02. The number of nitrogens with zero attached hydrogens (tertiary/aromatic N) is 1. The predicted octanol–water partition coefficient (Wildman–Crippen LogP) is 1.84. The van der Waals surface area contributed by atoms with E-state index in [1.807, 2.05) is 0 Å². The molecule has 0 bridgehead atoms. The first kappa shape index (κ1) is 9.84. The summed E-state index contributed by atoms with van der Waals surface area (Å²) in [5.41, 5.74) is 1.65. The highest BCUT2D eigenvalue weighted by molar-refractivity contribution is 7.90. The van der Waals surface area contributed by atoms with Gasteiger partial charge in [-0.2, -0.15) is 0 Å². The van der Waals surface area contributed by atoms with Gasteiger partial charge in [-0.15, -0.1) is 0 Å². The second kappa shape index (κ2) is 3.07. The highest BCUT2D eigenvalue weighted by atomic mass is 32.2. The van der Waals surface area contributed by atoms with Gasteiger partial charge < -0.3 is 4.98 Å². The molecule has 0 radical (unpaired) electrons. The molecule has 1 heterocycles. The molecule has 84 valence electrons. The summed E-state index contributed by atoms with van der Waals surface area (Å²) in [6.07, 6.45) is 3.57. The van der Waals surface area contributed by atoms with Crippen LogP contribution in [0.4, 0.5) is 0 Å². The van der Waals surface area contributed by atoms with Crippen molar-refractivity contribution in [3.8, 4) is 0 Å². The number of hydrogen-bond donors (Lipinski definition) is 1. The van der Waals surface area contributed by atoms with Gasteiger partial charge in [-0.1, -0.05) is 0 Å². The number of imidazole rings is 1. The van der Waals surface area contributed by atoms with Crippen LogP contribution in [0.25, 0.3) is 11.0 Å². The van der Waals surface area contributed by atoms with Crippen molar-refractivity contribution >= 4 is 20.9 Å². The molecule has 1 fully saturated rings. The van der Waals surface area contributed by atoms with Crippen molar-refractivity contribution in [3.05, 3.63) is 24.0 Å². The Bertz CT molecular complexity index is 654. The van der Waals surface area contributed by atoms with E-state index in [2.05, 4.69) is 9.97 Å². The van der Waals surface area contributed by atoms with Crippen molar-refractivity contribution in [2.24, 2.45) is 0 Å². The molecule has 3 rings (SSSR count). The Kier molecular flexibility index (Phi) is 1.89. The third kappa shape index (κ3) is 1.61. The molecule has 2 aromatic rings. The molecule has 1 N–H and O–H groups in total. The molecule has 0 saturated heterocycles. The lowest BCUT2D eigenvalue weighted by atomic mass is 10.3. The van der Waals surface area contributed by atoms with E-state index >= 15 is 0 Å². The number of hydrogen-bond acceptors (Lipinski definition) is 3. The molecule has 1 aromatic heterocycles. The highest BCUT2D eigenvalue weighted by Crippen LogP contribution is 2.39. The normalized spacial score (nSPS) is 16.8. The van der Waals surface area contributed by atoms with Crippen molar-refractivity contribution in [1.82, 2.24) is 9.97 Å². The number of sulfone groups is 1. The molecule has 16 heavy (non-hydrogen) atoms. The summed E-state index contributed by atoms with van der Waals surface area (Å²) in [5.74, 6) is 1.54. The number of aromatic amines is 1. The molecular weight excluding hydrogens is 224 g/mol. The maximum atomic E-state index is 11.4. The fourth-order valence-corrected chi connectivity index (χ4v) is 2.44. The van der Waals surface area contributed by atoms with Crippen LogP contribution in [0.15, 0.2) is 23.1 Å². The monoisotopic (exact) mass is 236 g/mol. The lowest BCUT2D eigenvalue weighted by Crippen LogP contribution is -1.96. The van der Waals surface area contributed by atoms with E-state index in [1.165, 1.54) is 19.1 Å². The summed E-state index contributed by atoms with van der Waals surface area (Å²) >= 11 is 0. The van der Waals surface area contributed by atoms with Crippen LogP contribution in [0.3, 0.4) is 0 Å². The number of H-pyrrole nitrogens is 1. The number of rotatable bonds is 2. The van der Waals surface area contributed by atoms with Gasteiger partial charge in [0.2, 0.25) is 0 Å². The Morgan fingerprint density at radius 1 is 1.38 bits per heavy atom. The van der Waals surface area contributed by atoms with Crippen LogP contribution >= 0.6 is 0 Å². The van der Waals surface area contributed by atoms with Crippen LogP contribution in [-0.4, -0.2) is 24.6 Å². The number of fused-ring (bicyclic) bond motifs is 1. The molecule has 0 amide bonds. The lowest BCUT2D eigenvalue weighted by molar-refractivity contribution is 0.602. The Hall–Kier alpha value is -1.36. The Labute approximate surface area is 93.6 Å². The maximum Gasteiger partial charge on any atom is 0.175 e. The Balaban J connectivity index is 2.17. The van der Waals surface area contributed by atoms with Crippen molar-refractivity contribution in [2.75, 3.05) is 6.26 Å². The maximum absolute atomic E-state index is 11.4. The van der Waals surface area contributed by atoms with Crippen LogP contribution in [0.5, 0.6) is 0 Å². The van der Waals surface area contributed by atoms with Crippen molar-refractivity contribution < 1.29 is 8.42 Å². The average molecular weight is 236 g/mol. The van der Waals surface area contributed by atoms with Crippen LogP contribution in [0.1, 0.15) is 24.6 Å². The lowest BCUT2D eigenvalue weighted by Gasteiger charge is -1.96. The molecule has 5 heteroatoms. The van der Waals surface area contributed by atoms with Crippen molar-refractivity contribution in [1.29, 1.82) is 0 Å². The van der Waals surface area contributed by atoms with E-state index in [1.54, 1.807) is 18.2 Å². The SMILES string of the molecule is CS(=O)(=O)c1ccc2nc(C3CC3)[nH]c2c1. The molecule has 1 aliphatic carbocycles. The largest absolute Gasteiger partial charge is 0.342 e. The number of benzene rings is 1. The van der Waals surface area contributed by atoms with Gasteiger partial charge in [0, 0.05) is 12.2 Å². The van der Waals surface area contributed by atoms with E-state index in [0.29, 0.717) is 10.8 Å². The van der Waals surface area contributed by atoms with E-state index in [0.717, 1.165) is 16.9 Å². The summed E-state index contributed by atoms with van der Waals surface area (Å²) in [7, 11) is -3.14. The quantitative estimate of drug-likeness (QED) is 0.865. The first-order valence-corrected chi connectivity index (χ1v) is 7.13. The van der Waals surface area contributed by atoms with Crippen LogP contribution in [-0.2, 0) is 9.84 Å².